The maximum Gasteiger partial charge on any atom is 0.229 e. The number of nitrogens with zero attached hydrogens (tertiary/aromatic N) is 2. The Kier molecular flexibility index (Phi) is 3.82. The Bertz CT molecular complexity index is 353. The summed E-state index contributed by atoms with van der Waals surface area (Å²) in [5, 5.41) is 4.02. The molecule has 1 aliphatic carbocycles. The average molecular weight is 237 g/mol. The molecule has 1 atom stereocenters. The Labute approximate surface area is 103 Å². The summed E-state index contributed by atoms with van der Waals surface area (Å²) in [6.45, 7) is 6.41. The van der Waals surface area contributed by atoms with E-state index in [-0.39, 0.29) is 12.0 Å². The van der Waals surface area contributed by atoms with Crippen LogP contribution in [0.4, 0.5) is 0 Å². The summed E-state index contributed by atoms with van der Waals surface area (Å²) in [6, 6.07) is -0.0567. The molecule has 4 nitrogen and oxygen atoms in total. The van der Waals surface area contributed by atoms with Crippen molar-refractivity contribution >= 4 is 0 Å². The molecule has 4 heteroatoms. The lowest BCUT2D eigenvalue weighted by Gasteiger charge is -2.28. The van der Waals surface area contributed by atoms with Crippen LogP contribution >= 0.6 is 0 Å². The number of aromatic nitrogens is 2. The predicted octanol–water partition coefficient (Wildman–Crippen LogP) is 3.02. The summed E-state index contributed by atoms with van der Waals surface area (Å²) in [4.78, 5) is 4.40. The van der Waals surface area contributed by atoms with E-state index in [1.54, 1.807) is 0 Å². The highest BCUT2D eigenvalue weighted by molar-refractivity contribution is 4.98. The number of rotatable bonds is 3. The first-order chi connectivity index (χ1) is 8.08. The molecule has 2 rings (SSSR count). The largest absolute Gasteiger partial charge is 0.339 e. The maximum atomic E-state index is 6.24. The minimum absolute atomic E-state index is 0.0567. The lowest BCUT2D eigenvalue weighted by atomic mass is 9.79. The first-order valence-electron chi connectivity index (χ1n) is 6.67. The van der Waals surface area contributed by atoms with E-state index < -0.39 is 0 Å². The summed E-state index contributed by atoms with van der Waals surface area (Å²) in [5.74, 6) is 3.02. The molecule has 17 heavy (non-hydrogen) atoms. The van der Waals surface area contributed by atoms with Crippen LogP contribution in [0.15, 0.2) is 4.52 Å². The van der Waals surface area contributed by atoms with Crippen molar-refractivity contribution in [3.05, 3.63) is 11.7 Å². The van der Waals surface area contributed by atoms with Crippen LogP contribution in [0.5, 0.6) is 0 Å². The van der Waals surface area contributed by atoms with E-state index in [0.29, 0.717) is 17.6 Å². The zero-order valence-corrected chi connectivity index (χ0v) is 11.0. The Balaban J connectivity index is 2.01. The molecule has 0 bridgehead atoms. The number of hydrogen-bond donors (Lipinski definition) is 1. The monoisotopic (exact) mass is 237 g/mol. The predicted molar refractivity (Wildman–Crippen MR) is 66.4 cm³/mol. The normalized spacial score (nSPS) is 27.4. The van der Waals surface area contributed by atoms with Gasteiger partial charge in [-0.2, -0.15) is 4.98 Å². The molecule has 0 amide bonds. The van der Waals surface area contributed by atoms with E-state index in [2.05, 4.69) is 17.1 Å². The lowest BCUT2D eigenvalue weighted by Crippen LogP contribution is -2.26. The lowest BCUT2D eigenvalue weighted by molar-refractivity contribution is 0.247. The second-order valence-corrected chi connectivity index (χ2v) is 5.69. The van der Waals surface area contributed by atoms with Crippen LogP contribution in [0.3, 0.4) is 0 Å². The molecule has 0 aliphatic heterocycles. The highest BCUT2D eigenvalue weighted by Gasteiger charge is 2.28. The summed E-state index contributed by atoms with van der Waals surface area (Å²) in [5.41, 5.74) is 6.24. The molecule has 1 aromatic rings. The second kappa shape index (κ2) is 5.17. The van der Waals surface area contributed by atoms with Crippen molar-refractivity contribution in [3.8, 4) is 0 Å². The zero-order valence-electron chi connectivity index (χ0n) is 11.0. The standard InChI is InChI=1S/C13H23N3O/c1-8(2)13-15-12(16-17-13)11(14)10-6-4-9(3)5-7-10/h8-11H,4-7,14H2,1-3H3. The van der Waals surface area contributed by atoms with Gasteiger partial charge in [0.1, 0.15) is 0 Å². The summed E-state index contributed by atoms with van der Waals surface area (Å²) >= 11 is 0. The Morgan fingerprint density at radius 2 is 1.88 bits per heavy atom. The molecule has 96 valence electrons. The first kappa shape index (κ1) is 12.6. The Morgan fingerprint density at radius 3 is 2.41 bits per heavy atom. The van der Waals surface area contributed by atoms with Crippen molar-refractivity contribution in [3.63, 3.8) is 0 Å². The van der Waals surface area contributed by atoms with Gasteiger partial charge in [0.2, 0.25) is 5.89 Å². The fraction of sp³-hybridized carbons (Fsp3) is 0.846. The van der Waals surface area contributed by atoms with Gasteiger partial charge in [0.15, 0.2) is 5.82 Å². The van der Waals surface area contributed by atoms with E-state index in [1.807, 2.05) is 13.8 Å². The van der Waals surface area contributed by atoms with Crippen LogP contribution in [0.1, 0.15) is 70.1 Å². The molecule has 2 N–H and O–H groups in total. The molecule has 1 fully saturated rings. The van der Waals surface area contributed by atoms with Gasteiger partial charge >= 0.3 is 0 Å². The van der Waals surface area contributed by atoms with Gasteiger partial charge in [0.05, 0.1) is 6.04 Å². The van der Waals surface area contributed by atoms with Crippen molar-refractivity contribution in [2.45, 2.75) is 58.4 Å². The third-order valence-corrected chi connectivity index (χ3v) is 3.82. The highest BCUT2D eigenvalue weighted by Crippen LogP contribution is 2.34. The number of nitrogens with two attached hydrogens (primary N) is 1. The van der Waals surface area contributed by atoms with Gasteiger partial charge in [-0.1, -0.05) is 38.8 Å². The Hall–Kier alpha value is -0.900. The van der Waals surface area contributed by atoms with Gasteiger partial charge in [-0.25, -0.2) is 0 Å². The third-order valence-electron chi connectivity index (χ3n) is 3.82. The van der Waals surface area contributed by atoms with Gasteiger partial charge in [-0.05, 0) is 24.7 Å². The van der Waals surface area contributed by atoms with Crippen molar-refractivity contribution in [2.75, 3.05) is 0 Å². The zero-order chi connectivity index (χ0) is 12.4. The fourth-order valence-electron chi connectivity index (χ4n) is 2.47. The number of hydrogen-bond acceptors (Lipinski definition) is 4. The molecule has 0 radical (unpaired) electrons. The minimum Gasteiger partial charge on any atom is -0.339 e. The van der Waals surface area contributed by atoms with E-state index in [4.69, 9.17) is 10.3 Å². The molecular weight excluding hydrogens is 214 g/mol. The topological polar surface area (TPSA) is 64.9 Å². The summed E-state index contributed by atoms with van der Waals surface area (Å²) in [6.07, 6.45) is 4.92. The maximum absolute atomic E-state index is 6.24. The highest BCUT2D eigenvalue weighted by atomic mass is 16.5. The van der Waals surface area contributed by atoms with Crippen molar-refractivity contribution < 1.29 is 4.52 Å². The van der Waals surface area contributed by atoms with Crippen molar-refractivity contribution in [2.24, 2.45) is 17.6 Å². The van der Waals surface area contributed by atoms with Gasteiger partial charge < -0.3 is 10.3 Å². The van der Waals surface area contributed by atoms with Crippen molar-refractivity contribution in [1.82, 2.24) is 10.1 Å². The van der Waals surface area contributed by atoms with Gasteiger partial charge in [-0.15, -0.1) is 0 Å². The van der Waals surface area contributed by atoms with E-state index in [9.17, 15) is 0 Å². The second-order valence-electron chi connectivity index (χ2n) is 5.69. The van der Waals surface area contributed by atoms with Crippen LogP contribution < -0.4 is 5.73 Å². The minimum atomic E-state index is -0.0567. The fourth-order valence-corrected chi connectivity index (χ4v) is 2.47. The SMILES string of the molecule is CC1CCC(C(N)c2noc(C(C)C)n2)CC1. The van der Waals surface area contributed by atoms with Crippen molar-refractivity contribution in [1.29, 1.82) is 0 Å². The van der Waals surface area contributed by atoms with Gasteiger partial charge in [0, 0.05) is 5.92 Å². The molecule has 1 heterocycles. The first-order valence-corrected chi connectivity index (χ1v) is 6.67. The molecule has 1 unspecified atom stereocenters. The van der Waals surface area contributed by atoms with Gasteiger partial charge in [0.25, 0.3) is 0 Å². The molecule has 0 saturated heterocycles. The quantitative estimate of drug-likeness (QED) is 0.877. The molecule has 0 aromatic carbocycles. The third kappa shape index (κ3) is 2.86. The molecule has 1 aromatic heterocycles. The average Bonchev–Trinajstić information content (AvgIpc) is 2.78. The summed E-state index contributed by atoms with van der Waals surface area (Å²) in [7, 11) is 0. The van der Waals surface area contributed by atoms with Crippen LogP contribution in [0, 0.1) is 11.8 Å². The molecule has 1 aliphatic rings. The molecular formula is C13H23N3O. The van der Waals surface area contributed by atoms with Crippen LogP contribution in [0.25, 0.3) is 0 Å². The van der Waals surface area contributed by atoms with E-state index in [0.717, 1.165) is 5.92 Å². The van der Waals surface area contributed by atoms with Gasteiger partial charge in [-0.3, -0.25) is 0 Å². The Morgan fingerprint density at radius 1 is 1.24 bits per heavy atom. The molecule has 1 saturated carbocycles. The summed E-state index contributed by atoms with van der Waals surface area (Å²) < 4.78 is 5.22. The van der Waals surface area contributed by atoms with Crippen LogP contribution in [-0.2, 0) is 0 Å². The smallest absolute Gasteiger partial charge is 0.229 e. The van der Waals surface area contributed by atoms with Crippen LogP contribution in [-0.4, -0.2) is 10.1 Å². The van der Waals surface area contributed by atoms with E-state index in [1.165, 1.54) is 25.7 Å². The molecule has 0 spiro atoms. The van der Waals surface area contributed by atoms with E-state index >= 15 is 0 Å². The van der Waals surface area contributed by atoms with Crippen LogP contribution in [0.2, 0.25) is 0 Å².